The van der Waals surface area contributed by atoms with Gasteiger partial charge in [0.1, 0.15) is 0 Å². The molecule has 1 saturated heterocycles. The van der Waals surface area contributed by atoms with Gasteiger partial charge in [0.2, 0.25) is 0 Å². The minimum atomic E-state index is 0.410. The number of hydrogen-bond donors (Lipinski definition) is 1. The second kappa shape index (κ2) is 7.13. The molecule has 106 valence electrons. The van der Waals surface area contributed by atoms with Crippen LogP contribution in [0.5, 0.6) is 0 Å². The van der Waals surface area contributed by atoms with Gasteiger partial charge in [-0.2, -0.15) is 0 Å². The lowest BCUT2D eigenvalue weighted by molar-refractivity contribution is 0.0819. The van der Waals surface area contributed by atoms with Crippen LogP contribution in [0.1, 0.15) is 25.3 Å². The Balaban J connectivity index is 2.13. The van der Waals surface area contributed by atoms with Gasteiger partial charge < -0.3 is 15.0 Å². The average molecular weight is 283 g/mol. The summed E-state index contributed by atoms with van der Waals surface area (Å²) in [6.45, 7) is 5.97. The van der Waals surface area contributed by atoms with E-state index >= 15 is 0 Å². The molecule has 0 radical (unpaired) electrons. The number of anilines is 1. The van der Waals surface area contributed by atoms with Gasteiger partial charge in [-0.15, -0.1) is 0 Å². The maximum absolute atomic E-state index is 6.35. The monoisotopic (exact) mass is 282 g/mol. The van der Waals surface area contributed by atoms with Crippen molar-refractivity contribution in [2.45, 2.75) is 32.4 Å². The van der Waals surface area contributed by atoms with E-state index in [1.807, 2.05) is 12.1 Å². The first-order chi connectivity index (χ1) is 9.26. The molecule has 0 atom stereocenters. The van der Waals surface area contributed by atoms with Gasteiger partial charge in [-0.1, -0.05) is 24.6 Å². The highest BCUT2D eigenvalue weighted by Crippen LogP contribution is 2.30. The van der Waals surface area contributed by atoms with E-state index in [1.54, 1.807) is 7.11 Å². The number of rotatable bonds is 5. The van der Waals surface area contributed by atoms with Crippen LogP contribution >= 0.6 is 11.6 Å². The molecule has 0 saturated carbocycles. The van der Waals surface area contributed by atoms with Crippen molar-refractivity contribution in [2.75, 3.05) is 31.6 Å². The molecule has 0 spiro atoms. The summed E-state index contributed by atoms with van der Waals surface area (Å²) >= 11 is 6.35. The minimum absolute atomic E-state index is 0.410. The van der Waals surface area contributed by atoms with Crippen molar-refractivity contribution >= 4 is 17.3 Å². The molecule has 0 aliphatic carbocycles. The molecule has 4 heteroatoms. The van der Waals surface area contributed by atoms with Gasteiger partial charge in [0.15, 0.2) is 0 Å². The SMILES string of the molecule is CCNCc1c(Cl)cccc1N1CCC(OC)CC1. The maximum Gasteiger partial charge on any atom is 0.0605 e. The fraction of sp³-hybridized carbons (Fsp3) is 0.600. The Kier molecular flexibility index (Phi) is 5.49. The molecule has 19 heavy (non-hydrogen) atoms. The number of halogens is 1. The molecule has 1 aromatic rings. The smallest absolute Gasteiger partial charge is 0.0605 e. The molecule has 1 aliphatic rings. The highest BCUT2D eigenvalue weighted by Gasteiger charge is 2.21. The molecule has 1 heterocycles. The fourth-order valence-corrected chi connectivity index (χ4v) is 2.84. The summed E-state index contributed by atoms with van der Waals surface area (Å²) in [7, 11) is 1.80. The maximum atomic E-state index is 6.35. The molecule has 0 aromatic heterocycles. The third-order valence-corrected chi connectivity index (χ3v) is 4.12. The highest BCUT2D eigenvalue weighted by atomic mass is 35.5. The Bertz CT molecular complexity index is 403. The van der Waals surface area contributed by atoms with E-state index < -0.39 is 0 Å². The number of benzene rings is 1. The number of hydrogen-bond acceptors (Lipinski definition) is 3. The van der Waals surface area contributed by atoms with E-state index in [-0.39, 0.29) is 0 Å². The Morgan fingerprint density at radius 1 is 1.37 bits per heavy atom. The van der Waals surface area contributed by atoms with Crippen LogP contribution in [-0.4, -0.2) is 32.8 Å². The Morgan fingerprint density at radius 2 is 2.11 bits per heavy atom. The lowest BCUT2D eigenvalue weighted by Crippen LogP contribution is -2.37. The largest absolute Gasteiger partial charge is 0.381 e. The van der Waals surface area contributed by atoms with Gasteiger partial charge in [-0.25, -0.2) is 0 Å². The van der Waals surface area contributed by atoms with E-state index in [9.17, 15) is 0 Å². The van der Waals surface area contributed by atoms with Gasteiger partial charge in [-0.3, -0.25) is 0 Å². The minimum Gasteiger partial charge on any atom is -0.381 e. The first-order valence-electron chi connectivity index (χ1n) is 7.02. The predicted molar refractivity (Wildman–Crippen MR) is 81.1 cm³/mol. The van der Waals surface area contributed by atoms with Crippen molar-refractivity contribution in [3.05, 3.63) is 28.8 Å². The third-order valence-electron chi connectivity index (χ3n) is 3.76. The number of ether oxygens (including phenoxy) is 1. The summed E-state index contributed by atoms with van der Waals surface area (Å²) in [5.41, 5.74) is 2.48. The van der Waals surface area contributed by atoms with E-state index in [0.29, 0.717) is 6.10 Å². The number of nitrogens with one attached hydrogen (secondary N) is 1. The van der Waals surface area contributed by atoms with Gasteiger partial charge in [0.05, 0.1) is 6.10 Å². The summed E-state index contributed by atoms with van der Waals surface area (Å²) in [4.78, 5) is 2.42. The standard InChI is InChI=1S/C15H23ClN2O/c1-3-17-11-13-14(16)5-4-6-15(13)18-9-7-12(19-2)8-10-18/h4-6,12,17H,3,7-11H2,1-2H3. The van der Waals surface area contributed by atoms with Crippen LogP contribution in [-0.2, 0) is 11.3 Å². The molecule has 0 bridgehead atoms. The second-order valence-electron chi connectivity index (χ2n) is 4.94. The zero-order chi connectivity index (χ0) is 13.7. The molecule has 3 nitrogen and oxygen atoms in total. The van der Waals surface area contributed by atoms with E-state index in [2.05, 4.69) is 23.2 Å². The molecular formula is C15H23ClN2O. The molecule has 2 rings (SSSR count). The third kappa shape index (κ3) is 3.62. The highest BCUT2D eigenvalue weighted by molar-refractivity contribution is 6.31. The zero-order valence-electron chi connectivity index (χ0n) is 11.8. The Labute approximate surface area is 120 Å². The average Bonchev–Trinajstić information content (AvgIpc) is 2.46. The first-order valence-corrected chi connectivity index (χ1v) is 7.40. The van der Waals surface area contributed by atoms with Gasteiger partial charge in [0, 0.05) is 43.0 Å². The van der Waals surface area contributed by atoms with Crippen molar-refractivity contribution in [1.82, 2.24) is 5.32 Å². The molecule has 1 fully saturated rings. The lowest BCUT2D eigenvalue weighted by Gasteiger charge is -2.34. The van der Waals surface area contributed by atoms with E-state index in [0.717, 1.165) is 44.0 Å². The van der Waals surface area contributed by atoms with Crippen molar-refractivity contribution in [1.29, 1.82) is 0 Å². The summed E-state index contributed by atoms with van der Waals surface area (Å²) < 4.78 is 5.43. The van der Waals surface area contributed by atoms with Crippen LogP contribution in [0.4, 0.5) is 5.69 Å². The predicted octanol–water partition coefficient (Wildman–Crippen LogP) is 3.06. The van der Waals surface area contributed by atoms with Crippen molar-refractivity contribution < 1.29 is 4.74 Å². The van der Waals surface area contributed by atoms with Gasteiger partial charge in [-0.05, 0) is 31.5 Å². The summed E-state index contributed by atoms with van der Waals surface area (Å²) in [6.07, 6.45) is 2.58. The van der Waals surface area contributed by atoms with E-state index in [1.165, 1.54) is 11.3 Å². The van der Waals surface area contributed by atoms with Crippen LogP contribution in [0.2, 0.25) is 5.02 Å². The molecule has 1 aliphatic heterocycles. The van der Waals surface area contributed by atoms with Crippen molar-refractivity contribution in [3.63, 3.8) is 0 Å². The van der Waals surface area contributed by atoms with Crippen LogP contribution < -0.4 is 10.2 Å². The number of piperidine rings is 1. The molecule has 0 unspecified atom stereocenters. The van der Waals surface area contributed by atoms with E-state index in [4.69, 9.17) is 16.3 Å². The molecule has 0 amide bonds. The van der Waals surface area contributed by atoms with Crippen LogP contribution in [0, 0.1) is 0 Å². The lowest BCUT2D eigenvalue weighted by atomic mass is 10.0. The Morgan fingerprint density at radius 3 is 2.74 bits per heavy atom. The molecule has 1 N–H and O–H groups in total. The van der Waals surface area contributed by atoms with Gasteiger partial charge in [0.25, 0.3) is 0 Å². The number of methoxy groups -OCH3 is 1. The van der Waals surface area contributed by atoms with Crippen molar-refractivity contribution in [2.24, 2.45) is 0 Å². The quantitative estimate of drug-likeness (QED) is 0.898. The van der Waals surface area contributed by atoms with Gasteiger partial charge >= 0.3 is 0 Å². The van der Waals surface area contributed by atoms with Crippen LogP contribution in [0.3, 0.4) is 0 Å². The van der Waals surface area contributed by atoms with Crippen LogP contribution in [0.15, 0.2) is 18.2 Å². The zero-order valence-corrected chi connectivity index (χ0v) is 12.5. The summed E-state index contributed by atoms with van der Waals surface area (Å²) in [5.74, 6) is 0. The number of nitrogens with zero attached hydrogens (tertiary/aromatic N) is 1. The molecular weight excluding hydrogens is 260 g/mol. The normalized spacial score (nSPS) is 16.9. The Hall–Kier alpha value is -0.770. The summed E-state index contributed by atoms with van der Waals surface area (Å²) in [6, 6.07) is 6.18. The first kappa shape index (κ1) is 14.6. The van der Waals surface area contributed by atoms with Crippen molar-refractivity contribution in [3.8, 4) is 0 Å². The second-order valence-corrected chi connectivity index (χ2v) is 5.35. The van der Waals surface area contributed by atoms with Crippen LogP contribution in [0.25, 0.3) is 0 Å². The topological polar surface area (TPSA) is 24.5 Å². The summed E-state index contributed by atoms with van der Waals surface area (Å²) in [5, 5.41) is 4.22. The molecule has 1 aromatic carbocycles. The fourth-order valence-electron chi connectivity index (χ4n) is 2.60.